The van der Waals surface area contributed by atoms with Crippen molar-refractivity contribution in [2.75, 3.05) is 38.2 Å². The van der Waals surface area contributed by atoms with Crippen molar-refractivity contribution in [3.05, 3.63) is 24.0 Å². The predicted octanol–water partition coefficient (Wildman–Crippen LogP) is 1.79. The van der Waals surface area contributed by atoms with E-state index in [1.165, 1.54) is 13.2 Å². The van der Waals surface area contributed by atoms with Gasteiger partial charge in [-0.25, -0.2) is 4.39 Å². The Balaban J connectivity index is 1.62. The van der Waals surface area contributed by atoms with Crippen LogP contribution in [0.2, 0.25) is 0 Å². The van der Waals surface area contributed by atoms with Gasteiger partial charge in [-0.3, -0.25) is 4.79 Å². The average molecular weight is 322 g/mol. The number of halogens is 1. The minimum atomic E-state index is -1.16. The second-order valence-corrected chi connectivity index (χ2v) is 6.34. The molecule has 1 N–H and O–H groups in total. The minimum absolute atomic E-state index is 0.143. The van der Waals surface area contributed by atoms with Gasteiger partial charge in [0.25, 0.3) is 5.91 Å². The van der Waals surface area contributed by atoms with Crippen molar-refractivity contribution in [2.45, 2.75) is 31.3 Å². The smallest absolute Gasteiger partial charge is 0.254 e. The van der Waals surface area contributed by atoms with Crippen LogP contribution in [0, 0.1) is 5.82 Å². The lowest BCUT2D eigenvalue weighted by atomic mass is 10.00. The van der Waals surface area contributed by atoms with E-state index in [-0.39, 0.29) is 17.5 Å². The van der Waals surface area contributed by atoms with Crippen LogP contribution in [0.3, 0.4) is 0 Å². The quantitative estimate of drug-likeness (QED) is 0.922. The predicted molar refractivity (Wildman–Crippen MR) is 85.2 cm³/mol. The summed E-state index contributed by atoms with van der Waals surface area (Å²) in [6, 6.07) is 4.90. The zero-order valence-electron chi connectivity index (χ0n) is 13.4. The molecule has 5 nitrogen and oxygen atoms in total. The molecular formula is C17H23FN2O3. The van der Waals surface area contributed by atoms with Crippen LogP contribution in [0.1, 0.15) is 25.7 Å². The highest BCUT2D eigenvalue weighted by Crippen LogP contribution is 2.32. The topological polar surface area (TPSA) is 53.0 Å². The third kappa shape index (κ3) is 3.13. The summed E-state index contributed by atoms with van der Waals surface area (Å²) in [4.78, 5) is 16.3. The van der Waals surface area contributed by atoms with E-state index in [9.17, 15) is 14.3 Å². The number of nitrogens with zero attached hydrogens (tertiary/aromatic N) is 2. The van der Waals surface area contributed by atoms with Gasteiger partial charge in [0, 0.05) is 37.9 Å². The van der Waals surface area contributed by atoms with E-state index < -0.39 is 5.60 Å². The normalized spacial score (nSPS) is 20.7. The Hall–Kier alpha value is -1.82. The number of piperazine rings is 1. The van der Waals surface area contributed by atoms with Gasteiger partial charge in [0.15, 0.2) is 11.6 Å². The van der Waals surface area contributed by atoms with E-state index in [1.54, 1.807) is 11.0 Å². The molecular weight excluding hydrogens is 299 g/mol. The summed E-state index contributed by atoms with van der Waals surface area (Å²) in [6.07, 6.45) is 2.95. The summed E-state index contributed by atoms with van der Waals surface area (Å²) < 4.78 is 18.7. The molecule has 0 radical (unpaired) electrons. The van der Waals surface area contributed by atoms with Crippen molar-refractivity contribution >= 4 is 11.6 Å². The van der Waals surface area contributed by atoms with Crippen LogP contribution in [-0.4, -0.2) is 54.8 Å². The number of hydrogen-bond donors (Lipinski definition) is 1. The molecule has 1 amide bonds. The molecule has 3 rings (SSSR count). The number of carbonyl (C=O) groups excluding carboxylic acids is 1. The number of amides is 1. The number of anilines is 1. The largest absolute Gasteiger partial charge is 0.494 e. The average Bonchev–Trinajstić information content (AvgIpc) is 3.02. The third-order valence-electron chi connectivity index (χ3n) is 4.90. The number of ether oxygens (including phenoxy) is 1. The van der Waals surface area contributed by atoms with E-state index in [4.69, 9.17) is 4.74 Å². The van der Waals surface area contributed by atoms with Crippen LogP contribution in [0.25, 0.3) is 0 Å². The Morgan fingerprint density at radius 1 is 1.22 bits per heavy atom. The van der Waals surface area contributed by atoms with Gasteiger partial charge < -0.3 is 19.6 Å². The molecule has 0 spiro atoms. The minimum Gasteiger partial charge on any atom is -0.494 e. The van der Waals surface area contributed by atoms with Gasteiger partial charge in [-0.05, 0) is 37.8 Å². The Morgan fingerprint density at radius 3 is 2.43 bits per heavy atom. The molecule has 2 fully saturated rings. The Bertz CT molecular complexity index is 579. The summed E-state index contributed by atoms with van der Waals surface area (Å²) in [5, 5.41) is 10.4. The molecule has 1 aliphatic heterocycles. The Kier molecular flexibility index (Phi) is 4.43. The van der Waals surface area contributed by atoms with Crippen LogP contribution in [0.15, 0.2) is 18.2 Å². The molecule has 23 heavy (non-hydrogen) atoms. The van der Waals surface area contributed by atoms with Crippen molar-refractivity contribution in [1.82, 2.24) is 4.90 Å². The summed E-state index contributed by atoms with van der Waals surface area (Å²) in [5.74, 6) is -0.301. The second-order valence-electron chi connectivity index (χ2n) is 6.34. The lowest BCUT2D eigenvalue weighted by Crippen LogP contribution is -2.55. The van der Waals surface area contributed by atoms with Gasteiger partial charge in [-0.1, -0.05) is 0 Å². The molecule has 1 aromatic rings. The van der Waals surface area contributed by atoms with Crippen LogP contribution < -0.4 is 9.64 Å². The zero-order chi connectivity index (χ0) is 16.4. The third-order valence-corrected chi connectivity index (χ3v) is 4.90. The Morgan fingerprint density at radius 2 is 1.87 bits per heavy atom. The van der Waals surface area contributed by atoms with Crippen molar-refractivity contribution in [3.63, 3.8) is 0 Å². The van der Waals surface area contributed by atoms with E-state index in [1.807, 2.05) is 11.0 Å². The number of rotatable bonds is 3. The monoisotopic (exact) mass is 322 g/mol. The van der Waals surface area contributed by atoms with Crippen LogP contribution in [0.5, 0.6) is 5.75 Å². The Labute approximate surface area is 135 Å². The fourth-order valence-corrected chi connectivity index (χ4v) is 3.49. The first-order valence-corrected chi connectivity index (χ1v) is 8.14. The van der Waals surface area contributed by atoms with Crippen molar-refractivity contribution in [2.24, 2.45) is 0 Å². The lowest BCUT2D eigenvalue weighted by molar-refractivity contribution is -0.151. The first kappa shape index (κ1) is 16.1. The zero-order valence-corrected chi connectivity index (χ0v) is 13.4. The maximum Gasteiger partial charge on any atom is 0.254 e. The number of methoxy groups -OCH3 is 1. The SMILES string of the molecule is COc1ccc(N2CCN(C(=O)C3(O)CCCC3)CC2)cc1F. The fourth-order valence-electron chi connectivity index (χ4n) is 3.49. The molecule has 2 aliphatic rings. The molecule has 0 atom stereocenters. The van der Waals surface area contributed by atoms with Crippen LogP contribution in [0.4, 0.5) is 10.1 Å². The molecule has 1 heterocycles. The highest BCUT2D eigenvalue weighted by molar-refractivity contribution is 5.85. The van der Waals surface area contributed by atoms with Gasteiger partial charge in [-0.15, -0.1) is 0 Å². The summed E-state index contributed by atoms with van der Waals surface area (Å²) >= 11 is 0. The van der Waals surface area contributed by atoms with Crippen molar-refractivity contribution < 1.29 is 19.0 Å². The van der Waals surface area contributed by atoms with Crippen molar-refractivity contribution in [1.29, 1.82) is 0 Å². The van der Waals surface area contributed by atoms with E-state index in [0.717, 1.165) is 18.5 Å². The van der Waals surface area contributed by atoms with Crippen molar-refractivity contribution in [3.8, 4) is 5.75 Å². The summed E-state index contributed by atoms with van der Waals surface area (Å²) in [7, 11) is 1.44. The standard InChI is InChI=1S/C17H23FN2O3/c1-23-15-5-4-13(12-14(15)18)19-8-10-20(11-9-19)16(21)17(22)6-2-3-7-17/h4-5,12,22H,2-3,6-11H2,1H3. The number of aliphatic hydroxyl groups is 1. The summed E-state index contributed by atoms with van der Waals surface area (Å²) in [6.45, 7) is 2.37. The van der Waals surface area contributed by atoms with Gasteiger partial charge in [0.1, 0.15) is 5.60 Å². The molecule has 0 aromatic heterocycles. The van der Waals surface area contributed by atoms with E-state index >= 15 is 0 Å². The molecule has 0 unspecified atom stereocenters. The maximum absolute atomic E-state index is 13.8. The highest BCUT2D eigenvalue weighted by Gasteiger charge is 2.42. The molecule has 0 bridgehead atoms. The van der Waals surface area contributed by atoms with Gasteiger partial charge >= 0.3 is 0 Å². The van der Waals surface area contributed by atoms with E-state index in [2.05, 4.69) is 0 Å². The number of hydrogen-bond acceptors (Lipinski definition) is 4. The first-order chi connectivity index (χ1) is 11.0. The van der Waals surface area contributed by atoms with Crippen LogP contribution >= 0.6 is 0 Å². The van der Waals surface area contributed by atoms with Gasteiger partial charge in [0.05, 0.1) is 7.11 Å². The molecule has 126 valence electrons. The van der Waals surface area contributed by atoms with Gasteiger partial charge in [-0.2, -0.15) is 0 Å². The number of benzene rings is 1. The maximum atomic E-state index is 13.8. The number of carbonyl (C=O) groups is 1. The molecule has 1 aromatic carbocycles. The summed E-state index contributed by atoms with van der Waals surface area (Å²) in [5.41, 5.74) is -0.371. The van der Waals surface area contributed by atoms with Gasteiger partial charge in [0.2, 0.25) is 0 Å². The lowest BCUT2D eigenvalue weighted by Gasteiger charge is -2.39. The van der Waals surface area contributed by atoms with Crippen LogP contribution in [-0.2, 0) is 4.79 Å². The van der Waals surface area contributed by atoms with E-state index in [0.29, 0.717) is 39.0 Å². The second kappa shape index (κ2) is 6.35. The first-order valence-electron chi connectivity index (χ1n) is 8.14. The fraction of sp³-hybridized carbons (Fsp3) is 0.588. The highest BCUT2D eigenvalue weighted by atomic mass is 19.1. The molecule has 1 aliphatic carbocycles. The molecule has 1 saturated carbocycles. The molecule has 6 heteroatoms. The molecule has 1 saturated heterocycles.